The van der Waals surface area contributed by atoms with Crippen LogP contribution < -0.4 is 0 Å². The van der Waals surface area contributed by atoms with Crippen LogP contribution in [0.25, 0.3) is 5.76 Å². The molecule has 7 heteroatoms. The van der Waals surface area contributed by atoms with E-state index in [9.17, 15) is 14.7 Å². The van der Waals surface area contributed by atoms with Crippen LogP contribution in [-0.4, -0.2) is 66.0 Å². The lowest BCUT2D eigenvalue weighted by Crippen LogP contribution is -2.42. The minimum Gasteiger partial charge on any atom is -0.507 e. The standard InChI is InChI=1S/C21H22N2O5/c24-19(15-5-2-1-3-6-15)17-18(16-7-4-12-28-16)23(21(26)20(17)25)9-8-22-10-13-27-14-11-22/h1-7,12,18,24H,8-11,13-14H2/b19-17+/t18-/m0/s1. The number of amides is 1. The van der Waals surface area contributed by atoms with Crippen molar-refractivity contribution in [1.82, 2.24) is 9.80 Å². The molecule has 2 saturated heterocycles. The number of benzene rings is 1. The molecule has 4 rings (SSSR count). The van der Waals surface area contributed by atoms with E-state index in [0.717, 1.165) is 13.1 Å². The van der Waals surface area contributed by atoms with Crippen molar-refractivity contribution in [2.24, 2.45) is 0 Å². The third-order valence-electron chi connectivity index (χ3n) is 5.16. The molecule has 0 saturated carbocycles. The Hall–Kier alpha value is -2.90. The number of nitrogens with zero attached hydrogens (tertiary/aromatic N) is 2. The molecule has 0 bridgehead atoms. The van der Waals surface area contributed by atoms with E-state index in [4.69, 9.17) is 9.15 Å². The highest BCUT2D eigenvalue weighted by Gasteiger charge is 2.47. The second-order valence-electron chi connectivity index (χ2n) is 6.83. The van der Waals surface area contributed by atoms with E-state index in [1.54, 1.807) is 36.4 Å². The van der Waals surface area contributed by atoms with Crippen LogP contribution in [0.4, 0.5) is 0 Å². The van der Waals surface area contributed by atoms with Gasteiger partial charge < -0.3 is 19.2 Å². The summed E-state index contributed by atoms with van der Waals surface area (Å²) in [6.07, 6.45) is 1.50. The van der Waals surface area contributed by atoms with E-state index < -0.39 is 17.7 Å². The molecule has 0 spiro atoms. The van der Waals surface area contributed by atoms with E-state index in [0.29, 0.717) is 37.6 Å². The topological polar surface area (TPSA) is 83.2 Å². The van der Waals surface area contributed by atoms with Crippen LogP contribution in [0.2, 0.25) is 0 Å². The lowest BCUT2D eigenvalue weighted by molar-refractivity contribution is -0.140. The molecule has 28 heavy (non-hydrogen) atoms. The zero-order valence-corrected chi connectivity index (χ0v) is 15.4. The van der Waals surface area contributed by atoms with E-state index in [-0.39, 0.29) is 11.3 Å². The summed E-state index contributed by atoms with van der Waals surface area (Å²) < 4.78 is 10.9. The number of hydrogen-bond donors (Lipinski definition) is 1. The SMILES string of the molecule is O=C1C(=O)N(CCN2CCOCC2)[C@@H](c2ccco2)/C1=C(\O)c1ccccc1. The van der Waals surface area contributed by atoms with Gasteiger partial charge in [0.2, 0.25) is 0 Å². The van der Waals surface area contributed by atoms with Crippen LogP contribution in [-0.2, 0) is 14.3 Å². The highest BCUT2D eigenvalue weighted by atomic mass is 16.5. The van der Waals surface area contributed by atoms with E-state index >= 15 is 0 Å². The molecule has 2 aliphatic rings. The van der Waals surface area contributed by atoms with Crippen molar-refractivity contribution in [3.05, 3.63) is 65.6 Å². The minimum atomic E-state index is -0.740. The molecular weight excluding hydrogens is 360 g/mol. The summed E-state index contributed by atoms with van der Waals surface area (Å²) in [4.78, 5) is 29.3. The zero-order chi connectivity index (χ0) is 19.5. The number of carbonyl (C=O) groups excluding carboxylic acids is 2. The first-order chi connectivity index (χ1) is 13.7. The quantitative estimate of drug-likeness (QED) is 0.484. The molecule has 1 N–H and O–H groups in total. The average Bonchev–Trinajstić information content (AvgIpc) is 3.35. The summed E-state index contributed by atoms with van der Waals surface area (Å²) in [7, 11) is 0. The maximum Gasteiger partial charge on any atom is 0.295 e. The van der Waals surface area contributed by atoms with E-state index in [2.05, 4.69) is 4.90 Å². The molecule has 3 heterocycles. The number of aliphatic hydroxyl groups is 1. The first-order valence-electron chi connectivity index (χ1n) is 9.34. The minimum absolute atomic E-state index is 0.0631. The van der Waals surface area contributed by atoms with Gasteiger partial charge in [0.25, 0.3) is 11.7 Å². The third kappa shape index (κ3) is 3.46. The number of carbonyl (C=O) groups is 2. The van der Waals surface area contributed by atoms with Gasteiger partial charge in [-0.25, -0.2) is 0 Å². The van der Waals surface area contributed by atoms with Crippen molar-refractivity contribution >= 4 is 17.4 Å². The van der Waals surface area contributed by atoms with Crippen molar-refractivity contribution in [1.29, 1.82) is 0 Å². The molecule has 0 aliphatic carbocycles. The summed E-state index contributed by atoms with van der Waals surface area (Å²) in [6.45, 7) is 3.89. The van der Waals surface area contributed by atoms with Gasteiger partial charge in [-0.05, 0) is 12.1 Å². The number of rotatable bonds is 5. The van der Waals surface area contributed by atoms with Crippen molar-refractivity contribution in [2.45, 2.75) is 6.04 Å². The number of likely N-dealkylation sites (tertiary alicyclic amines) is 1. The van der Waals surface area contributed by atoms with Gasteiger partial charge in [-0.2, -0.15) is 0 Å². The maximum atomic E-state index is 12.8. The summed E-state index contributed by atoms with van der Waals surface area (Å²) in [6, 6.07) is 11.5. The Labute approximate surface area is 162 Å². The number of morpholine rings is 1. The molecule has 1 aromatic carbocycles. The second-order valence-corrected chi connectivity index (χ2v) is 6.83. The Morgan fingerprint density at radius 2 is 1.79 bits per heavy atom. The Morgan fingerprint density at radius 3 is 2.46 bits per heavy atom. The van der Waals surface area contributed by atoms with Crippen LogP contribution >= 0.6 is 0 Å². The Kier molecular flexibility index (Phi) is 5.27. The molecule has 2 aromatic rings. The normalized spacial score (nSPS) is 22.7. The van der Waals surface area contributed by atoms with Gasteiger partial charge in [-0.3, -0.25) is 14.5 Å². The molecule has 2 aliphatic heterocycles. The molecule has 1 aromatic heterocycles. The predicted octanol–water partition coefficient (Wildman–Crippen LogP) is 2.03. The van der Waals surface area contributed by atoms with Gasteiger partial charge in [-0.15, -0.1) is 0 Å². The molecule has 2 fully saturated rings. The van der Waals surface area contributed by atoms with E-state index in [1.165, 1.54) is 11.2 Å². The van der Waals surface area contributed by atoms with Crippen LogP contribution in [0.5, 0.6) is 0 Å². The Morgan fingerprint density at radius 1 is 1.04 bits per heavy atom. The highest BCUT2D eigenvalue weighted by molar-refractivity contribution is 6.46. The number of hydrogen-bond acceptors (Lipinski definition) is 6. The van der Waals surface area contributed by atoms with Crippen molar-refractivity contribution in [3.8, 4) is 0 Å². The monoisotopic (exact) mass is 382 g/mol. The summed E-state index contributed by atoms with van der Waals surface area (Å²) in [5.74, 6) is -1.04. The largest absolute Gasteiger partial charge is 0.507 e. The summed E-state index contributed by atoms with van der Waals surface area (Å²) in [5.41, 5.74) is 0.554. The lowest BCUT2D eigenvalue weighted by Gasteiger charge is -2.30. The number of ketones is 1. The van der Waals surface area contributed by atoms with Crippen molar-refractivity contribution in [2.75, 3.05) is 39.4 Å². The first-order valence-corrected chi connectivity index (χ1v) is 9.34. The number of ether oxygens (including phenoxy) is 1. The smallest absolute Gasteiger partial charge is 0.295 e. The third-order valence-corrected chi connectivity index (χ3v) is 5.16. The Bertz CT molecular complexity index is 869. The molecule has 0 unspecified atom stereocenters. The highest BCUT2D eigenvalue weighted by Crippen LogP contribution is 2.39. The van der Waals surface area contributed by atoms with E-state index in [1.807, 2.05) is 6.07 Å². The molecule has 0 radical (unpaired) electrons. The number of aliphatic hydroxyl groups excluding tert-OH is 1. The van der Waals surface area contributed by atoms with Gasteiger partial charge in [0.05, 0.1) is 25.1 Å². The first kappa shape index (κ1) is 18.5. The van der Waals surface area contributed by atoms with Gasteiger partial charge in [0.1, 0.15) is 17.6 Å². The molecule has 146 valence electrons. The van der Waals surface area contributed by atoms with Crippen LogP contribution in [0.15, 0.2) is 58.7 Å². The molecule has 1 amide bonds. The molecule has 1 atom stereocenters. The van der Waals surface area contributed by atoms with Gasteiger partial charge >= 0.3 is 0 Å². The van der Waals surface area contributed by atoms with Gasteiger partial charge in [-0.1, -0.05) is 30.3 Å². The van der Waals surface area contributed by atoms with Gasteiger partial charge in [0, 0.05) is 31.7 Å². The van der Waals surface area contributed by atoms with Crippen LogP contribution in [0.1, 0.15) is 17.4 Å². The van der Waals surface area contributed by atoms with Crippen LogP contribution in [0.3, 0.4) is 0 Å². The number of furan rings is 1. The fraction of sp³-hybridized carbons (Fsp3) is 0.333. The Balaban J connectivity index is 1.68. The lowest BCUT2D eigenvalue weighted by atomic mass is 9.99. The zero-order valence-electron chi connectivity index (χ0n) is 15.4. The predicted molar refractivity (Wildman–Crippen MR) is 101 cm³/mol. The van der Waals surface area contributed by atoms with Gasteiger partial charge in [0.15, 0.2) is 0 Å². The van der Waals surface area contributed by atoms with Crippen molar-refractivity contribution in [3.63, 3.8) is 0 Å². The second kappa shape index (κ2) is 8.00. The number of Topliss-reactive ketones (excluding diaryl/α,β-unsaturated/α-hetero) is 1. The maximum absolute atomic E-state index is 12.8. The van der Waals surface area contributed by atoms with Crippen LogP contribution in [0, 0.1) is 0 Å². The fourth-order valence-electron chi connectivity index (χ4n) is 3.68. The summed E-state index contributed by atoms with van der Waals surface area (Å²) >= 11 is 0. The molecule has 7 nitrogen and oxygen atoms in total. The average molecular weight is 382 g/mol. The van der Waals surface area contributed by atoms with Crippen molar-refractivity contribution < 1.29 is 23.8 Å². The summed E-state index contributed by atoms with van der Waals surface area (Å²) in [5, 5.41) is 10.8. The molecular formula is C21H22N2O5. The fourth-order valence-corrected chi connectivity index (χ4v) is 3.68.